The molecule has 3 N–H and O–H groups in total. The summed E-state index contributed by atoms with van der Waals surface area (Å²) in [6.07, 6.45) is 62.2. The van der Waals surface area contributed by atoms with Crippen LogP contribution in [0, 0.1) is 0 Å². The summed E-state index contributed by atoms with van der Waals surface area (Å²) in [4.78, 5) is 51.3. The van der Waals surface area contributed by atoms with Crippen molar-refractivity contribution in [1.29, 1.82) is 0 Å². The lowest BCUT2D eigenvalue weighted by Crippen LogP contribution is -2.61. The summed E-state index contributed by atoms with van der Waals surface area (Å²) in [6, 6.07) is 0. The number of aliphatic hydroxyl groups is 2. The zero-order chi connectivity index (χ0) is 58.9. The molecule has 1 heterocycles. The zero-order valence-corrected chi connectivity index (χ0v) is 51.0. The molecule has 0 saturated carbocycles. The summed E-state index contributed by atoms with van der Waals surface area (Å²) in [5.74, 6) is -3.18. The molecule has 0 radical (unpaired) electrons. The molecule has 12 nitrogen and oxygen atoms in total. The number of rotatable bonds is 54. The van der Waals surface area contributed by atoms with Gasteiger partial charge in [-0.3, -0.25) is 14.4 Å². The van der Waals surface area contributed by atoms with Gasteiger partial charge in [0.15, 0.2) is 24.6 Å². The van der Waals surface area contributed by atoms with E-state index in [9.17, 15) is 34.5 Å². The molecule has 0 aliphatic carbocycles. The Balaban J connectivity index is 2.71. The quantitative estimate of drug-likeness (QED) is 0.0228. The lowest BCUT2D eigenvalue weighted by atomic mass is 9.98. The normalized spacial score (nSPS) is 18.4. The first-order valence-corrected chi connectivity index (χ1v) is 32.2. The number of unbranched alkanes of at least 4 members (excludes halogenated alkanes) is 24. The molecule has 1 saturated heterocycles. The molecule has 0 aromatic rings. The van der Waals surface area contributed by atoms with E-state index in [1.165, 1.54) is 57.8 Å². The predicted molar refractivity (Wildman–Crippen MR) is 331 cm³/mol. The van der Waals surface area contributed by atoms with Crippen LogP contribution in [-0.2, 0) is 42.9 Å². The molecule has 1 fully saturated rings. The van der Waals surface area contributed by atoms with Gasteiger partial charge in [0, 0.05) is 19.3 Å². The van der Waals surface area contributed by atoms with Crippen LogP contribution in [0.3, 0.4) is 0 Å². The van der Waals surface area contributed by atoms with Gasteiger partial charge in [-0.25, -0.2) is 4.79 Å². The molecule has 12 heteroatoms. The lowest BCUT2D eigenvalue weighted by Gasteiger charge is -2.40. The number of allylic oxidation sites excluding steroid dienone is 16. The fourth-order valence-electron chi connectivity index (χ4n) is 9.18. The van der Waals surface area contributed by atoms with Gasteiger partial charge in [-0.1, -0.05) is 221 Å². The highest BCUT2D eigenvalue weighted by atomic mass is 16.7. The second-order valence-electron chi connectivity index (χ2n) is 21.7. The first-order chi connectivity index (χ1) is 39.6. The Morgan fingerprint density at radius 3 is 1.23 bits per heavy atom. The zero-order valence-electron chi connectivity index (χ0n) is 51.0. The summed E-state index contributed by atoms with van der Waals surface area (Å²) < 4.78 is 28.5. The molecule has 6 unspecified atom stereocenters. The molecule has 1 aliphatic rings. The predicted octanol–water partition coefficient (Wildman–Crippen LogP) is 17.2. The van der Waals surface area contributed by atoms with Crippen molar-refractivity contribution in [3.8, 4) is 0 Å². The fourth-order valence-corrected chi connectivity index (χ4v) is 9.18. The third-order valence-electron chi connectivity index (χ3n) is 14.1. The summed E-state index contributed by atoms with van der Waals surface area (Å²) >= 11 is 0. The number of hydrogen-bond acceptors (Lipinski definition) is 11. The van der Waals surface area contributed by atoms with Crippen molar-refractivity contribution in [2.24, 2.45) is 0 Å². The highest BCUT2D eigenvalue weighted by Gasteiger charge is 2.50. The standard InChI is InChI=1S/C69H114O12/c1-4-7-10-13-16-19-22-25-28-30-31-33-35-37-40-43-46-49-52-55-61(70)77-58-60(79-62(71)56-53-50-47-44-41-39-36-32-29-26-23-20-17-14-11-8-5-2)59-78-69-67(65(74)64(73)66(81-69)68(75)76)80-63(72)57-54-51-48-45-42-38-34-27-24-21-18-15-12-9-6-3/h7,10,16-17,19-20,25-29,31,33-34,37,40,60,64-67,69,73-74H,4-6,8-9,11-15,18,21-24,30,32,35-36,38-39,41-59H2,1-3H3,(H,75,76)/b10-7-,19-16-,20-17-,28-25-,29-26-,33-31-,34-27-,40-37-. The van der Waals surface area contributed by atoms with Gasteiger partial charge in [-0.05, 0) is 122 Å². The minimum Gasteiger partial charge on any atom is -0.479 e. The van der Waals surface area contributed by atoms with Gasteiger partial charge in [0.1, 0.15) is 18.8 Å². The van der Waals surface area contributed by atoms with Crippen molar-refractivity contribution >= 4 is 23.9 Å². The van der Waals surface area contributed by atoms with E-state index in [1.807, 2.05) is 0 Å². The molecule has 0 aromatic heterocycles. The van der Waals surface area contributed by atoms with Crippen molar-refractivity contribution in [1.82, 2.24) is 0 Å². The average molecular weight is 1140 g/mol. The molecule has 6 atom stereocenters. The summed E-state index contributed by atoms with van der Waals surface area (Å²) in [5, 5.41) is 31.6. The van der Waals surface area contributed by atoms with Crippen molar-refractivity contribution in [3.05, 3.63) is 97.2 Å². The van der Waals surface area contributed by atoms with Crippen LogP contribution in [0.5, 0.6) is 0 Å². The highest BCUT2D eigenvalue weighted by molar-refractivity contribution is 5.74. The molecule has 1 aliphatic heterocycles. The summed E-state index contributed by atoms with van der Waals surface area (Å²) in [6.45, 7) is 5.83. The SMILES string of the molecule is CC/C=C\C/C=C\C/C=C\C/C=C\C/C=C\CCCCCC(=O)OCC(COC1OC(C(=O)O)C(O)C(O)C1OC(=O)CCCCCCC/C=C\CCCCCCCC)OC(=O)CCCCCCCCC/C=C\C/C=C\CCCCC. The molecule has 0 aromatic carbocycles. The molecular weight excluding hydrogens is 1020 g/mol. The molecule has 81 heavy (non-hydrogen) atoms. The lowest BCUT2D eigenvalue weighted by molar-refractivity contribution is -0.301. The van der Waals surface area contributed by atoms with Crippen LogP contribution < -0.4 is 0 Å². The van der Waals surface area contributed by atoms with Crippen LogP contribution in [0.25, 0.3) is 0 Å². The number of esters is 3. The average Bonchev–Trinajstić information content (AvgIpc) is 3.53. The molecule has 0 amide bonds. The molecule has 0 spiro atoms. The van der Waals surface area contributed by atoms with E-state index in [-0.39, 0.29) is 25.9 Å². The number of carboxylic acids is 1. The van der Waals surface area contributed by atoms with Gasteiger partial charge in [0.2, 0.25) is 0 Å². The van der Waals surface area contributed by atoms with Gasteiger partial charge in [-0.2, -0.15) is 0 Å². The van der Waals surface area contributed by atoms with E-state index in [0.717, 1.165) is 148 Å². The van der Waals surface area contributed by atoms with Gasteiger partial charge < -0.3 is 39.0 Å². The fraction of sp³-hybridized carbons (Fsp3) is 0.710. The van der Waals surface area contributed by atoms with E-state index in [4.69, 9.17) is 23.7 Å². The minimum atomic E-state index is -1.92. The maximum Gasteiger partial charge on any atom is 0.335 e. The van der Waals surface area contributed by atoms with Crippen LogP contribution in [0.15, 0.2) is 97.2 Å². The third kappa shape index (κ3) is 45.8. The van der Waals surface area contributed by atoms with E-state index < -0.39 is 67.3 Å². The number of carbonyl (C=O) groups excluding carboxylic acids is 3. The van der Waals surface area contributed by atoms with Crippen LogP contribution in [0.4, 0.5) is 0 Å². The van der Waals surface area contributed by atoms with E-state index in [1.54, 1.807) is 0 Å². The highest BCUT2D eigenvalue weighted by Crippen LogP contribution is 2.26. The van der Waals surface area contributed by atoms with Gasteiger partial charge in [-0.15, -0.1) is 0 Å². The molecule has 462 valence electrons. The van der Waals surface area contributed by atoms with Crippen LogP contribution in [-0.4, -0.2) is 89.2 Å². The molecular formula is C69H114O12. The van der Waals surface area contributed by atoms with Crippen LogP contribution in [0.1, 0.15) is 265 Å². The van der Waals surface area contributed by atoms with Crippen LogP contribution >= 0.6 is 0 Å². The summed E-state index contributed by atoms with van der Waals surface area (Å²) in [5.41, 5.74) is 0. The first-order valence-electron chi connectivity index (χ1n) is 32.2. The van der Waals surface area contributed by atoms with Gasteiger partial charge >= 0.3 is 23.9 Å². The largest absolute Gasteiger partial charge is 0.479 e. The monoisotopic (exact) mass is 1130 g/mol. The van der Waals surface area contributed by atoms with Gasteiger partial charge in [0.25, 0.3) is 0 Å². The number of aliphatic hydroxyl groups excluding tert-OH is 2. The Hall–Kier alpha value is -4.36. The Labute approximate surface area is 492 Å². The van der Waals surface area contributed by atoms with E-state index in [2.05, 4.69) is 118 Å². The topological polar surface area (TPSA) is 175 Å². The maximum atomic E-state index is 13.2. The minimum absolute atomic E-state index is 0.0430. The second kappa shape index (κ2) is 56.1. The molecule has 0 bridgehead atoms. The third-order valence-corrected chi connectivity index (χ3v) is 14.1. The Morgan fingerprint density at radius 1 is 0.420 bits per heavy atom. The number of carbonyl (C=O) groups is 4. The number of ether oxygens (including phenoxy) is 5. The molecule has 1 rings (SSSR count). The first kappa shape index (κ1) is 74.7. The van der Waals surface area contributed by atoms with Crippen molar-refractivity contribution in [3.63, 3.8) is 0 Å². The van der Waals surface area contributed by atoms with Crippen molar-refractivity contribution < 1.29 is 58.2 Å². The van der Waals surface area contributed by atoms with E-state index >= 15 is 0 Å². The number of carboxylic acid groups (broad SMARTS) is 1. The Morgan fingerprint density at radius 2 is 0.778 bits per heavy atom. The number of aliphatic carboxylic acids is 1. The van der Waals surface area contributed by atoms with Crippen molar-refractivity contribution in [2.75, 3.05) is 13.2 Å². The van der Waals surface area contributed by atoms with E-state index in [0.29, 0.717) is 19.3 Å². The smallest absolute Gasteiger partial charge is 0.335 e. The maximum absolute atomic E-state index is 13.2. The summed E-state index contributed by atoms with van der Waals surface area (Å²) in [7, 11) is 0. The van der Waals surface area contributed by atoms with Gasteiger partial charge in [0.05, 0.1) is 6.61 Å². The second-order valence-corrected chi connectivity index (χ2v) is 21.7. The Bertz CT molecular complexity index is 1780. The van der Waals surface area contributed by atoms with Crippen LogP contribution in [0.2, 0.25) is 0 Å². The van der Waals surface area contributed by atoms with Crippen molar-refractivity contribution in [2.45, 2.75) is 302 Å². The number of hydrogen-bond donors (Lipinski definition) is 3. The Kier molecular flexibility index (Phi) is 51.7.